The topological polar surface area (TPSA) is 119 Å². The van der Waals surface area contributed by atoms with E-state index in [9.17, 15) is 14.4 Å². The number of esters is 1. The van der Waals surface area contributed by atoms with Gasteiger partial charge in [-0.15, -0.1) is 0 Å². The monoisotopic (exact) mass is 907 g/mol. The Balaban J connectivity index is 0.917. The minimum absolute atomic E-state index is 0.204. The summed E-state index contributed by atoms with van der Waals surface area (Å²) in [5.74, 6) is 0.960. The number of carbonyl (C=O) groups excluding carboxylic acids is 3. The van der Waals surface area contributed by atoms with Gasteiger partial charge in [0.05, 0.1) is 18.8 Å². The van der Waals surface area contributed by atoms with E-state index in [2.05, 4.69) is 63.8 Å². The number of hydrogen-bond acceptors (Lipinski definition) is 9. The summed E-state index contributed by atoms with van der Waals surface area (Å²) in [5, 5.41) is 5.51. The maximum Gasteiger partial charge on any atom is 0.407 e. The van der Waals surface area contributed by atoms with Crippen LogP contribution in [0.2, 0.25) is 0 Å². The number of piperidine rings is 2. The van der Waals surface area contributed by atoms with E-state index in [1.807, 2.05) is 24.3 Å². The predicted octanol–water partition coefficient (Wildman–Crippen LogP) is 13.1. The van der Waals surface area contributed by atoms with Crippen molar-refractivity contribution in [3.63, 3.8) is 0 Å². The van der Waals surface area contributed by atoms with Gasteiger partial charge in [0.1, 0.15) is 11.5 Å². The van der Waals surface area contributed by atoms with Gasteiger partial charge in [-0.1, -0.05) is 121 Å². The average Bonchev–Trinajstić information content (AvgIpc) is 3.64. The molecule has 2 fully saturated rings. The van der Waals surface area contributed by atoms with E-state index in [1.54, 1.807) is 7.05 Å². The molecule has 11 heteroatoms. The van der Waals surface area contributed by atoms with E-state index in [-0.39, 0.29) is 24.1 Å². The molecule has 4 heterocycles. The molecule has 3 aromatic rings. The highest BCUT2D eigenvalue weighted by Crippen LogP contribution is 2.57. The van der Waals surface area contributed by atoms with Crippen LogP contribution in [0.3, 0.4) is 0 Å². The minimum Gasteiger partial charge on any atom is -0.456 e. The maximum atomic E-state index is 13.6. The summed E-state index contributed by atoms with van der Waals surface area (Å²) in [6.45, 7) is 5.40. The summed E-state index contributed by atoms with van der Waals surface area (Å²) in [7, 11) is 1.57. The number of nitrogens with one attached hydrogen (secondary N) is 2. The van der Waals surface area contributed by atoms with Crippen LogP contribution >= 0.6 is 0 Å². The molecule has 360 valence electrons. The summed E-state index contributed by atoms with van der Waals surface area (Å²) in [6, 6.07) is 20.6. The second-order valence-corrected chi connectivity index (χ2v) is 19.1. The second kappa shape index (κ2) is 25.3. The van der Waals surface area contributed by atoms with Crippen LogP contribution in [0.1, 0.15) is 188 Å². The summed E-state index contributed by atoms with van der Waals surface area (Å²) in [6.07, 6.45) is 28.3. The highest BCUT2D eigenvalue weighted by Gasteiger charge is 2.53. The molecule has 0 saturated carbocycles. The molecule has 0 radical (unpaired) electrons. The first-order valence-electron chi connectivity index (χ1n) is 26.0. The molecule has 4 aliphatic heterocycles. The van der Waals surface area contributed by atoms with Crippen molar-refractivity contribution in [2.45, 2.75) is 179 Å². The fraction of sp³-hybridized carbons (Fsp3) is 0.618. The Kier molecular flexibility index (Phi) is 18.8. The number of ether oxygens (including phenoxy) is 4. The van der Waals surface area contributed by atoms with E-state index >= 15 is 0 Å². The second-order valence-electron chi connectivity index (χ2n) is 19.1. The lowest BCUT2D eigenvalue weighted by Gasteiger charge is -2.41. The van der Waals surface area contributed by atoms with Gasteiger partial charge in [0.25, 0.3) is 0 Å². The quantitative estimate of drug-likeness (QED) is 0.0487. The number of alkyl carbamates (subject to hydrolysis) is 2. The maximum absolute atomic E-state index is 13.6. The highest BCUT2D eigenvalue weighted by atomic mass is 16.6. The van der Waals surface area contributed by atoms with E-state index in [0.29, 0.717) is 36.8 Å². The molecule has 3 atom stereocenters. The molecule has 2 N–H and O–H groups in total. The van der Waals surface area contributed by atoms with Crippen LogP contribution in [0.25, 0.3) is 0 Å². The fourth-order valence-corrected chi connectivity index (χ4v) is 10.9. The van der Waals surface area contributed by atoms with Gasteiger partial charge in [-0.25, -0.2) is 14.4 Å². The molecule has 0 aliphatic carbocycles. The van der Waals surface area contributed by atoms with Crippen LogP contribution in [0.5, 0.6) is 11.5 Å². The van der Waals surface area contributed by atoms with Gasteiger partial charge in [0, 0.05) is 91.8 Å². The minimum atomic E-state index is -1.16. The third-order valence-electron chi connectivity index (χ3n) is 14.5. The molecule has 66 heavy (non-hydrogen) atoms. The number of carbonyl (C=O) groups is 3. The first-order chi connectivity index (χ1) is 32.4. The molecule has 0 bridgehead atoms. The van der Waals surface area contributed by atoms with Crippen LogP contribution in [-0.4, -0.2) is 70.1 Å². The van der Waals surface area contributed by atoms with Gasteiger partial charge in [0.15, 0.2) is 5.60 Å². The van der Waals surface area contributed by atoms with Crippen molar-refractivity contribution in [3.8, 4) is 11.5 Å². The molecule has 4 aliphatic rings. The summed E-state index contributed by atoms with van der Waals surface area (Å²) >= 11 is 0. The zero-order valence-corrected chi connectivity index (χ0v) is 40.2. The van der Waals surface area contributed by atoms with E-state index in [1.165, 1.54) is 89.9 Å². The molecule has 7 rings (SSSR count). The molecule has 0 aromatic heterocycles. The van der Waals surface area contributed by atoms with E-state index < -0.39 is 11.7 Å². The van der Waals surface area contributed by atoms with Gasteiger partial charge < -0.3 is 39.4 Å². The predicted molar refractivity (Wildman–Crippen MR) is 263 cm³/mol. The van der Waals surface area contributed by atoms with E-state index in [4.69, 9.17) is 18.9 Å². The van der Waals surface area contributed by atoms with Gasteiger partial charge >= 0.3 is 18.2 Å². The zero-order valence-electron chi connectivity index (χ0n) is 40.2. The third kappa shape index (κ3) is 12.5. The molecule has 2 saturated heterocycles. The van der Waals surface area contributed by atoms with Crippen LogP contribution in [0.4, 0.5) is 21.0 Å². The Morgan fingerprint density at radius 2 is 1.14 bits per heavy atom. The van der Waals surface area contributed by atoms with Crippen molar-refractivity contribution in [2.75, 3.05) is 49.7 Å². The lowest BCUT2D eigenvalue weighted by molar-refractivity contribution is 0.0224. The van der Waals surface area contributed by atoms with Gasteiger partial charge in [-0.05, 0) is 75.3 Å². The van der Waals surface area contributed by atoms with Crippen molar-refractivity contribution >= 4 is 29.5 Å². The van der Waals surface area contributed by atoms with Crippen molar-refractivity contribution in [1.82, 2.24) is 10.6 Å². The number of amides is 2. The van der Waals surface area contributed by atoms with Gasteiger partial charge in [0.2, 0.25) is 0 Å². The smallest absolute Gasteiger partial charge is 0.407 e. The highest BCUT2D eigenvalue weighted by molar-refractivity contribution is 5.97. The lowest BCUT2D eigenvalue weighted by Crippen LogP contribution is -2.41. The van der Waals surface area contributed by atoms with Gasteiger partial charge in [-0.3, -0.25) is 0 Å². The van der Waals surface area contributed by atoms with Crippen LogP contribution in [0.15, 0.2) is 60.7 Å². The number of nitrogens with zero attached hydrogens (tertiary/aromatic N) is 2. The Bertz CT molecular complexity index is 2020. The van der Waals surface area contributed by atoms with Crippen molar-refractivity contribution in [1.29, 1.82) is 0 Å². The van der Waals surface area contributed by atoms with Crippen LogP contribution in [0, 0.1) is 0 Å². The Labute approximate surface area is 395 Å². The summed E-state index contributed by atoms with van der Waals surface area (Å²) in [4.78, 5) is 43.0. The number of anilines is 2. The molecule has 1 spiro atoms. The fourth-order valence-electron chi connectivity index (χ4n) is 10.9. The van der Waals surface area contributed by atoms with Crippen molar-refractivity contribution in [3.05, 3.63) is 82.9 Å². The SMILES string of the molecule is CCCCCCCCCCCCCCCCCCNC(=O)OCCC1CCCCN1c1ccc2c(c1)Oc1cc(N3CCCCC3CCOC(=O)NC)ccc1C21OC(=O)c2ccccc21. The first kappa shape index (κ1) is 49.0. The third-order valence-corrected chi connectivity index (χ3v) is 14.5. The Hall–Kier alpha value is -4.93. The lowest BCUT2D eigenvalue weighted by atomic mass is 9.77. The zero-order chi connectivity index (χ0) is 46.0. The molecule has 3 aromatic carbocycles. The largest absolute Gasteiger partial charge is 0.456 e. The van der Waals surface area contributed by atoms with Gasteiger partial charge in [-0.2, -0.15) is 0 Å². The van der Waals surface area contributed by atoms with E-state index in [0.717, 1.165) is 105 Å². The summed E-state index contributed by atoms with van der Waals surface area (Å²) in [5.41, 5.74) is 3.85. The summed E-state index contributed by atoms with van der Waals surface area (Å²) < 4.78 is 24.5. The number of rotatable bonds is 25. The Morgan fingerprint density at radius 3 is 1.67 bits per heavy atom. The number of fused-ring (bicyclic) bond motifs is 6. The number of benzene rings is 3. The standard InChI is InChI=1S/C55H78N4O7/c1-3-4-5-6-7-8-9-10-11-12-13-14-15-16-17-22-35-57-54(62)64-39-34-43-26-21-24-37-59(43)45-30-32-49-51(41-45)65-50-40-44(58-36-23-20-25-42(58)33-38-63-53(61)56-2)29-31-48(50)55(49)47-28-19-18-27-46(47)52(60)66-55/h18-19,27-32,40-43H,3-17,20-26,33-39H2,1-2H3,(H,56,61)(H,57,62). The molecule has 2 amide bonds. The molecular formula is C55H78N4O7. The van der Waals surface area contributed by atoms with Crippen molar-refractivity contribution < 1.29 is 33.3 Å². The Morgan fingerprint density at radius 1 is 0.636 bits per heavy atom. The normalized spacial score (nSPS) is 19.6. The average molecular weight is 907 g/mol. The van der Waals surface area contributed by atoms with Crippen LogP contribution in [-0.2, 0) is 19.8 Å². The molecule has 3 unspecified atom stereocenters. The van der Waals surface area contributed by atoms with Crippen molar-refractivity contribution in [2.24, 2.45) is 0 Å². The first-order valence-corrected chi connectivity index (χ1v) is 26.0. The molecular weight excluding hydrogens is 829 g/mol. The van der Waals surface area contributed by atoms with Crippen LogP contribution < -0.4 is 25.2 Å². The number of hydrogen-bond donors (Lipinski definition) is 2. The molecule has 11 nitrogen and oxygen atoms in total. The number of unbranched alkanes of at least 4 members (excludes halogenated alkanes) is 15.